The van der Waals surface area contributed by atoms with E-state index in [1.54, 1.807) is 0 Å². The summed E-state index contributed by atoms with van der Waals surface area (Å²) in [6.45, 7) is 15.2. The van der Waals surface area contributed by atoms with Crippen LogP contribution in [0.25, 0.3) is 0 Å². The Labute approximate surface area is 81.8 Å². The Morgan fingerprint density at radius 1 is 1.42 bits per heavy atom. The van der Waals surface area contributed by atoms with Crippen LogP contribution in [-0.4, -0.2) is 11.5 Å². The first-order valence-electron chi connectivity index (χ1n) is 4.56. The summed E-state index contributed by atoms with van der Waals surface area (Å²) in [6.07, 6.45) is 0. The van der Waals surface area contributed by atoms with Gasteiger partial charge in [-0.1, -0.05) is 39.8 Å². The Balaban J connectivity index is 3.51. The highest BCUT2D eigenvalue weighted by Crippen LogP contribution is 2.23. The fourth-order valence-electron chi connectivity index (χ4n) is 0.684. The molecule has 1 atom stereocenters. The summed E-state index contributed by atoms with van der Waals surface area (Å²) in [4.78, 5) is 0. The van der Waals surface area contributed by atoms with Gasteiger partial charge in [-0.25, -0.2) is 0 Å². The normalized spacial score (nSPS) is 14.4. The molecule has 0 spiro atoms. The van der Waals surface area contributed by atoms with Gasteiger partial charge in [0.15, 0.2) is 0 Å². The van der Waals surface area contributed by atoms with Crippen molar-refractivity contribution < 1.29 is 0 Å². The van der Waals surface area contributed by atoms with Crippen molar-refractivity contribution in [3.63, 3.8) is 0 Å². The van der Waals surface area contributed by atoms with Gasteiger partial charge in [0.1, 0.15) is 0 Å². The molecule has 0 aromatic heterocycles. The molecular formula is C11H22S. The van der Waals surface area contributed by atoms with E-state index in [2.05, 4.69) is 41.2 Å². The molecule has 0 rings (SSSR count). The molecule has 0 saturated carbocycles. The average Bonchev–Trinajstić information content (AvgIpc) is 1.84. The molecule has 12 heavy (non-hydrogen) atoms. The van der Waals surface area contributed by atoms with Gasteiger partial charge >= 0.3 is 0 Å². The standard InChI is InChI=1S/C11H22S/c1-9(2)10(3)7-12-8-11(4,5)6/h10H,1,7-8H2,2-6H3. The minimum atomic E-state index is 0.458. The van der Waals surface area contributed by atoms with Gasteiger partial charge in [0, 0.05) is 0 Å². The topological polar surface area (TPSA) is 0 Å². The third-order valence-electron chi connectivity index (χ3n) is 1.74. The summed E-state index contributed by atoms with van der Waals surface area (Å²) in [5.74, 6) is 3.12. The molecule has 0 nitrogen and oxygen atoms in total. The van der Waals surface area contributed by atoms with E-state index in [9.17, 15) is 0 Å². The van der Waals surface area contributed by atoms with E-state index >= 15 is 0 Å². The lowest BCUT2D eigenvalue weighted by molar-refractivity contribution is 0.480. The second-order valence-corrected chi connectivity index (χ2v) is 5.85. The molecule has 0 aliphatic rings. The Hall–Kier alpha value is 0.0900. The van der Waals surface area contributed by atoms with Crippen LogP contribution < -0.4 is 0 Å². The van der Waals surface area contributed by atoms with Crippen LogP contribution in [0.2, 0.25) is 0 Å². The molecule has 0 N–H and O–H groups in total. The number of thioether (sulfide) groups is 1. The highest BCUT2D eigenvalue weighted by Gasteiger charge is 2.11. The Bertz CT molecular complexity index is 142. The van der Waals surface area contributed by atoms with Gasteiger partial charge < -0.3 is 0 Å². The zero-order valence-corrected chi connectivity index (χ0v) is 9.92. The zero-order valence-electron chi connectivity index (χ0n) is 9.11. The van der Waals surface area contributed by atoms with E-state index in [0.29, 0.717) is 11.3 Å². The van der Waals surface area contributed by atoms with Crippen molar-refractivity contribution in [2.75, 3.05) is 11.5 Å². The minimum Gasteiger partial charge on any atom is -0.161 e. The summed E-state index contributed by atoms with van der Waals surface area (Å²) in [5.41, 5.74) is 1.76. The SMILES string of the molecule is C=C(C)C(C)CSCC(C)(C)C. The lowest BCUT2D eigenvalue weighted by Gasteiger charge is -2.19. The molecule has 0 bridgehead atoms. The minimum absolute atomic E-state index is 0.458. The van der Waals surface area contributed by atoms with Crippen molar-refractivity contribution >= 4 is 11.8 Å². The van der Waals surface area contributed by atoms with E-state index in [1.165, 1.54) is 17.1 Å². The Kier molecular flexibility index (Phi) is 5.00. The van der Waals surface area contributed by atoms with Gasteiger partial charge in [-0.05, 0) is 29.8 Å². The second-order valence-electron chi connectivity index (χ2n) is 4.82. The monoisotopic (exact) mass is 186 g/mol. The van der Waals surface area contributed by atoms with Gasteiger partial charge in [0.05, 0.1) is 0 Å². The van der Waals surface area contributed by atoms with Gasteiger partial charge in [-0.15, -0.1) is 0 Å². The molecular weight excluding hydrogens is 164 g/mol. The maximum atomic E-state index is 3.96. The van der Waals surface area contributed by atoms with E-state index in [0.717, 1.165) is 0 Å². The predicted molar refractivity (Wildman–Crippen MR) is 60.8 cm³/mol. The predicted octanol–water partition coefficient (Wildman–Crippen LogP) is 3.98. The van der Waals surface area contributed by atoms with Gasteiger partial charge in [0.25, 0.3) is 0 Å². The van der Waals surface area contributed by atoms with Crippen molar-refractivity contribution in [3.8, 4) is 0 Å². The van der Waals surface area contributed by atoms with Crippen molar-refractivity contribution in [2.24, 2.45) is 11.3 Å². The number of hydrogen-bond acceptors (Lipinski definition) is 1. The fraction of sp³-hybridized carbons (Fsp3) is 0.818. The lowest BCUT2D eigenvalue weighted by Crippen LogP contribution is -2.10. The summed E-state index contributed by atoms with van der Waals surface area (Å²) < 4.78 is 0. The van der Waals surface area contributed by atoms with Gasteiger partial charge in [-0.2, -0.15) is 11.8 Å². The summed E-state index contributed by atoms with van der Waals surface area (Å²) in [6, 6.07) is 0. The van der Waals surface area contributed by atoms with Crippen LogP contribution in [0.5, 0.6) is 0 Å². The van der Waals surface area contributed by atoms with E-state index < -0.39 is 0 Å². The molecule has 0 saturated heterocycles. The van der Waals surface area contributed by atoms with Crippen LogP contribution in [0.3, 0.4) is 0 Å². The number of rotatable bonds is 4. The highest BCUT2D eigenvalue weighted by atomic mass is 32.2. The highest BCUT2D eigenvalue weighted by molar-refractivity contribution is 7.99. The van der Waals surface area contributed by atoms with Crippen molar-refractivity contribution in [2.45, 2.75) is 34.6 Å². The van der Waals surface area contributed by atoms with Crippen molar-refractivity contribution in [1.29, 1.82) is 0 Å². The Morgan fingerprint density at radius 2 is 1.92 bits per heavy atom. The van der Waals surface area contributed by atoms with Crippen molar-refractivity contribution in [3.05, 3.63) is 12.2 Å². The molecule has 0 heterocycles. The summed E-state index contributed by atoms with van der Waals surface area (Å²) >= 11 is 2.04. The quantitative estimate of drug-likeness (QED) is 0.598. The smallest absolute Gasteiger partial charge is 0.000445 e. The molecule has 1 heteroatoms. The van der Waals surface area contributed by atoms with E-state index in [-0.39, 0.29) is 0 Å². The first-order chi connectivity index (χ1) is 5.33. The largest absolute Gasteiger partial charge is 0.161 e. The second kappa shape index (κ2) is 4.96. The van der Waals surface area contributed by atoms with E-state index in [1.807, 2.05) is 11.8 Å². The zero-order chi connectivity index (χ0) is 9.78. The van der Waals surface area contributed by atoms with Crippen LogP contribution in [0, 0.1) is 11.3 Å². The maximum absolute atomic E-state index is 3.96. The molecule has 72 valence electrons. The van der Waals surface area contributed by atoms with Crippen LogP contribution in [0.1, 0.15) is 34.6 Å². The van der Waals surface area contributed by atoms with E-state index in [4.69, 9.17) is 0 Å². The number of hydrogen-bond donors (Lipinski definition) is 0. The fourth-order valence-corrected chi connectivity index (χ4v) is 2.05. The lowest BCUT2D eigenvalue weighted by atomic mass is 10.0. The maximum Gasteiger partial charge on any atom is -0.000445 e. The van der Waals surface area contributed by atoms with Gasteiger partial charge in [-0.3, -0.25) is 0 Å². The summed E-state index contributed by atoms with van der Waals surface area (Å²) in [5, 5.41) is 0. The molecule has 0 aromatic rings. The molecule has 0 aliphatic heterocycles. The molecule has 0 amide bonds. The molecule has 0 aromatic carbocycles. The van der Waals surface area contributed by atoms with Gasteiger partial charge in [0.2, 0.25) is 0 Å². The third-order valence-corrected chi connectivity index (χ3v) is 3.55. The van der Waals surface area contributed by atoms with Crippen LogP contribution in [0.4, 0.5) is 0 Å². The number of allylic oxidation sites excluding steroid dienone is 1. The molecule has 0 radical (unpaired) electrons. The molecule has 1 unspecified atom stereocenters. The first-order valence-corrected chi connectivity index (χ1v) is 5.71. The molecule has 0 fully saturated rings. The summed E-state index contributed by atoms with van der Waals surface area (Å²) in [7, 11) is 0. The van der Waals surface area contributed by atoms with Crippen LogP contribution in [-0.2, 0) is 0 Å². The van der Waals surface area contributed by atoms with Crippen molar-refractivity contribution in [1.82, 2.24) is 0 Å². The molecule has 0 aliphatic carbocycles. The third kappa shape index (κ3) is 6.78. The van der Waals surface area contributed by atoms with Crippen LogP contribution >= 0.6 is 11.8 Å². The average molecular weight is 186 g/mol. The Morgan fingerprint density at radius 3 is 2.25 bits per heavy atom. The first kappa shape index (κ1) is 12.1. The van der Waals surface area contributed by atoms with Crippen LogP contribution in [0.15, 0.2) is 12.2 Å².